The van der Waals surface area contributed by atoms with Gasteiger partial charge in [-0.1, -0.05) is 49.2 Å². The van der Waals surface area contributed by atoms with Crippen LogP contribution < -0.4 is 9.47 Å². The fourth-order valence-corrected chi connectivity index (χ4v) is 1.77. The molecule has 0 amide bonds. The van der Waals surface area contributed by atoms with E-state index in [1.54, 1.807) is 48.5 Å². The van der Waals surface area contributed by atoms with Gasteiger partial charge in [0.1, 0.15) is 11.5 Å². The number of hydrogen-bond donors (Lipinski definition) is 2. The minimum Gasteiger partial charge on any atom is -0.396 e. The Morgan fingerprint density at radius 3 is 1.38 bits per heavy atom. The highest BCUT2D eigenvalue weighted by Crippen LogP contribution is 2.12. The smallest absolute Gasteiger partial charge is 0.396 e. The number of rotatable bonds is 7. The zero-order valence-electron chi connectivity index (χ0n) is 13.6. The summed E-state index contributed by atoms with van der Waals surface area (Å²) in [6.07, 6.45) is 3.09. The van der Waals surface area contributed by atoms with Gasteiger partial charge in [0.2, 0.25) is 0 Å². The van der Waals surface area contributed by atoms with E-state index in [0.29, 0.717) is 11.5 Å². The van der Waals surface area contributed by atoms with Crippen LogP contribution in [0.3, 0.4) is 0 Å². The van der Waals surface area contributed by atoms with Crippen molar-refractivity contribution >= 4 is 6.16 Å². The molecule has 0 atom stereocenters. The van der Waals surface area contributed by atoms with Gasteiger partial charge in [0.25, 0.3) is 0 Å². The van der Waals surface area contributed by atoms with Crippen LogP contribution in [0.4, 0.5) is 4.79 Å². The van der Waals surface area contributed by atoms with Crippen LogP contribution in [-0.2, 0) is 0 Å². The second-order valence-corrected chi connectivity index (χ2v) is 4.94. The molecule has 2 aromatic rings. The van der Waals surface area contributed by atoms with Gasteiger partial charge in [-0.3, -0.25) is 0 Å². The number of unbranched alkanes of at least 4 members (excludes halogenated alkanes) is 3. The maximum atomic E-state index is 11.3. The summed E-state index contributed by atoms with van der Waals surface area (Å²) in [6, 6.07) is 17.6. The second kappa shape index (κ2) is 13.1. The van der Waals surface area contributed by atoms with Crippen molar-refractivity contribution in [2.45, 2.75) is 25.7 Å². The fraction of sp³-hybridized carbons (Fsp3) is 0.316. The second-order valence-electron chi connectivity index (χ2n) is 4.94. The topological polar surface area (TPSA) is 76.0 Å². The lowest BCUT2D eigenvalue weighted by Crippen LogP contribution is -2.13. The zero-order chi connectivity index (χ0) is 17.5. The number of ether oxygens (including phenoxy) is 2. The van der Waals surface area contributed by atoms with Gasteiger partial charge in [0, 0.05) is 13.2 Å². The molecule has 0 radical (unpaired) electrons. The van der Waals surface area contributed by atoms with Gasteiger partial charge >= 0.3 is 6.16 Å². The molecule has 0 aromatic heterocycles. The average molecular weight is 332 g/mol. The summed E-state index contributed by atoms with van der Waals surface area (Å²) in [7, 11) is 0. The van der Waals surface area contributed by atoms with Crippen molar-refractivity contribution in [3.8, 4) is 11.5 Å². The summed E-state index contributed by atoms with van der Waals surface area (Å²) in [6.45, 7) is 0.566. The first-order chi connectivity index (χ1) is 11.8. The molecule has 0 spiro atoms. The lowest BCUT2D eigenvalue weighted by atomic mass is 10.2. The highest BCUT2D eigenvalue weighted by atomic mass is 16.7. The molecule has 2 aromatic carbocycles. The van der Waals surface area contributed by atoms with E-state index in [4.69, 9.17) is 19.7 Å². The quantitative estimate of drug-likeness (QED) is 0.458. The Labute approximate surface area is 142 Å². The van der Waals surface area contributed by atoms with Crippen LogP contribution >= 0.6 is 0 Å². The molecule has 5 nitrogen and oxygen atoms in total. The predicted octanol–water partition coefficient (Wildman–Crippen LogP) is 3.80. The maximum Gasteiger partial charge on any atom is 0.519 e. The molecule has 0 fully saturated rings. The summed E-state index contributed by atoms with van der Waals surface area (Å²) < 4.78 is 9.91. The number of para-hydroxylation sites is 2. The van der Waals surface area contributed by atoms with E-state index in [2.05, 4.69) is 0 Å². The molecule has 2 N–H and O–H groups in total. The Morgan fingerprint density at radius 1 is 0.667 bits per heavy atom. The highest BCUT2D eigenvalue weighted by molar-refractivity contribution is 5.66. The standard InChI is InChI=1S/C13H10O3.C6H14O2/c14-13(15-11-7-3-1-4-8-11)16-12-9-5-2-6-10-12;7-5-3-1-2-4-6-8/h1-10H;7-8H,1-6H2. The van der Waals surface area contributed by atoms with Crippen LogP contribution in [0, 0.1) is 0 Å². The Morgan fingerprint density at radius 2 is 1.04 bits per heavy atom. The number of hydrogen-bond acceptors (Lipinski definition) is 5. The van der Waals surface area contributed by atoms with Gasteiger partial charge in [-0.2, -0.15) is 0 Å². The molecule has 0 unspecified atom stereocenters. The van der Waals surface area contributed by atoms with E-state index in [1.165, 1.54) is 0 Å². The van der Waals surface area contributed by atoms with E-state index < -0.39 is 6.16 Å². The monoisotopic (exact) mass is 332 g/mol. The van der Waals surface area contributed by atoms with Crippen molar-refractivity contribution in [1.29, 1.82) is 0 Å². The molecule has 0 saturated heterocycles. The van der Waals surface area contributed by atoms with Crippen LogP contribution in [0.25, 0.3) is 0 Å². The molecule has 0 aliphatic heterocycles. The molecular weight excluding hydrogens is 308 g/mol. The normalized spacial score (nSPS) is 9.58. The van der Waals surface area contributed by atoms with Crippen molar-refractivity contribution in [2.75, 3.05) is 13.2 Å². The third kappa shape index (κ3) is 9.61. The third-order valence-electron chi connectivity index (χ3n) is 2.96. The van der Waals surface area contributed by atoms with Gasteiger partial charge in [0.05, 0.1) is 0 Å². The third-order valence-corrected chi connectivity index (χ3v) is 2.96. The van der Waals surface area contributed by atoms with E-state index in [0.717, 1.165) is 25.7 Å². The molecule has 2 rings (SSSR count). The van der Waals surface area contributed by atoms with E-state index >= 15 is 0 Å². The molecule has 0 heterocycles. The number of aliphatic hydroxyl groups is 2. The molecule has 0 bridgehead atoms. The van der Waals surface area contributed by atoms with Crippen LogP contribution in [0.1, 0.15) is 25.7 Å². The Hall–Kier alpha value is -2.37. The number of carbonyl (C=O) groups excluding carboxylic acids is 1. The summed E-state index contributed by atoms with van der Waals surface area (Å²) in [5.41, 5.74) is 0. The van der Waals surface area contributed by atoms with Crippen LogP contribution in [-0.4, -0.2) is 29.6 Å². The lowest BCUT2D eigenvalue weighted by Gasteiger charge is -2.04. The summed E-state index contributed by atoms with van der Waals surface area (Å²) in [5, 5.41) is 16.6. The van der Waals surface area contributed by atoms with Crippen molar-refractivity contribution in [2.24, 2.45) is 0 Å². The van der Waals surface area contributed by atoms with Crippen molar-refractivity contribution in [3.05, 3.63) is 60.7 Å². The van der Waals surface area contributed by atoms with Gasteiger partial charge < -0.3 is 19.7 Å². The molecular formula is C19H24O5. The van der Waals surface area contributed by atoms with Crippen LogP contribution in [0.15, 0.2) is 60.7 Å². The highest BCUT2D eigenvalue weighted by Gasteiger charge is 2.06. The number of carbonyl (C=O) groups is 1. The number of aliphatic hydroxyl groups excluding tert-OH is 2. The fourth-order valence-electron chi connectivity index (χ4n) is 1.77. The van der Waals surface area contributed by atoms with E-state index in [9.17, 15) is 4.79 Å². The minimum atomic E-state index is -0.739. The van der Waals surface area contributed by atoms with Crippen LogP contribution in [0.2, 0.25) is 0 Å². The largest absolute Gasteiger partial charge is 0.519 e. The Balaban J connectivity index is 0.000000307. The first-order valence-electron chi connectivity index (χ1n) is 7.97. The molecule has 0 aliphatic rings. The minimum absolute atomic E-state index is 0.283. The Bertz CT molecular complexity index is 493. The molecule has 130 valence electrons. The lowest BCUT2D eigenvalue weighted by molar-refractivity contribution is 0.152. The van der Waals surface area contributed by atoms with Crippen LogP contribution in [0.5, 0.6) is 11.5 Å². The van der Waals surface area contributed by atoms with Gasteiger partial charge in [-0.15, -0.1) is 0 Å². The van der Waals surface area contributed by atoms with Gasteiger partial charge in [-0.05, 0) is 37.1 Å². The molecule has 24 heavy (non-hydrogen) atoms. The van der Waals surface area contributed by atoms with Gasteiger partial charge in [-0.25, -0.2) is 4.79 Å². The molecule has 0 aliphatic carbocycles. The van der Waals surface area contributed by atoms with Crippen molar-refractivity contribution in [1.82, 2.24) is 0 Å². The van der Waals surface area contributed by atoms with Gasteiger partial charge in [0.15, 0.2) is 0 Å². The summed E-state index contributed by atoms with van der Waals surface area (Å²) in [5.74, 6) is 0.923. The molecule has 5 heteroatoms. The Kier molecular flexibility index (Phi) is 10.7. The first kappa shape index (κ1) is 19.7. The average Bonchev–Trinajstić information content (AvgIpc) is 2.61. The maximum absolute atomic E-state index is 11.3. The predicted molar refractivity (Wildman–Crippen MR) is 92.2 cm³/mol. The SMILES string of the molecule is O=C(Oc1ccccc1)Oc1ccccc1.OCCCCCCO. The summed E-state index contributed by atoms with van der Waals surface area (Å²) >= 11 is 0. The van der Waals surface area contributed by atoms with Crippen molar-refractivity contribution < 1.29 is 24.5 Å². The summed E-state index contributed by atoms with van der Waals surface area (Å²) in [4.78, 5) is 11.3. The molecule has 0 saturated carbocycles. The van der Waals surface area contributed by atoms with Crippen molar-refractivity contribution in [3.63, 3.8) is 0 Å². The first-order valence-corrected chi connectivity index (χ1v) is 7.97. The van der Waals surface area contributed by atoms with E-state index in [-0.39, 0.29) is 13.2 Å². The number of benzene rings is 2. The zero-order valence-corrected chi connectivity index (χ0v) is 13.6. The van der Waals surface area contributed by atoms with E-state index in [1.807, 2.05) is 12.1 Å².